The van der Waals surface area contributed by atoms with Crippen molar-refractivity contribution >= 4 is 11.9 Å². The van der Waals surface area contributed by atoms with E-state index in [0.29, 0.717) is 13.1 Å². The summed E-state index contributed by atoms with van der Waals surface area (Å²) in [6.07, 6.45) is 5.28. The highest BCUT2D eigenvalue weighted by atomic mass is 16.2. The highest BCUT2D eigenvalue weighted by Gasteiger charge is 2.10. The van der Waals surface area contributed by atoms with Crippen molar-refractivity contribution in [2.45, 2.75) is 39.0 Å². The number of likely N-dealkylation sites (N-methyl/N-ethyl adjacent to an activating group) is 1. The van der Waals surface area contributed by atoms with Crippen LogP contribution in [0.5, 0.6) is 0 Å². The van der Waals surface area contributed by atoms with E-state index in [9.17, 15) is 9.59 Å². The van der Waals surface area contributed by atoms with Gasteiger partial charge in [0.1, 0.15) is 0 Å². The fraction of sp³-hybridized carbons (Fsp3) is 0.556. The van der Waals surface area contributed by atoms with Crippen LogP contribution in [0.25, 0.3) is 0 Å². The first-order chi connectivity index (χ1) is 11.1. The molecule has 0 heterocycles. The summed E-state index contributed by atoms with van der Waals surface area (Å²) in [6, 6.07) is 9.77. The Morgan fingerprint density at radius 3 is 2.48 bits per heavy atom. The summed E-state index contributed by atoms with van der Waals surface area (Å²) in [7, 11) is 1.76. The average Bonchev–Trinajstić information content (AvgIpc) is 2.58. The Hall–Kier alpha value is -2.04. The Kier molecular flexibility index (Phi) is 9.52. The number of hydrogen-bond acceptors (Lipinski definition) is 2. The van der Waals surface area contributed by atoms with E-state index in [-0.39, 0.29) is 18.5 Å². The molecule has 3 amide bonds. The normalized spacial score (nSPS) is 10.2. The van der Waals surface area contributed by atoms with Gasteiger partial charge in [-0.1, -0.05) is 56.5 Å². The Labute approximate surface area is 139 Å². The standard InChI is InChI=1S/C18H29N3O2/c1-3-4-5-9-13-19-18(23)20-15-17(22)21(2)14-12-16-10-7-6-8-11-16/h6-8,10-11H,3-5,9,12-15H2,1-2H3,(H2,19,20,23). The van der Waals surface area contributed by atoms with Crippen LogP contribution in [-0.4, -0.2) is 43.5 Å². The third-order valence-electron chi connectivity index (χ3n) is 3.72. The second kappa shape index (κ2) is 11.5. The van der Waals surface area contributed by atoms with Crippen LogP contribution in [0.4, 0.5) is 4.79 Å². The lowest BCUT2D eigenvalue weighted by Gasteiger charge is -2.17. The molecule has 0 radical (unpaired) electrons. The fourth-order valence-corrected chi connectivity index (χ4v) is 2.17. The van der Waals surface area contributed by atoms with Crippen LogP contribution < -0.4 is 10.6 Å². The van der Waals surface area contributed by atoms with E-state index in [0.717, 1.165) is 19.3 Å². The zero-order chi connectivity index (χ0) is 16.9. The minimum atomic E-state index is -0.272. The molecule has 0 saturated carbocycles. The first-order valence-corrected chi connectivity index (χ1v) is 8.43. The maximum Gasteiger partial charge on any atom is 0.315 e. The molecular weight excluding hydrogens is 290 g/mol. The minimum Gasteiger partial charge on any atom is -0.344 e. The molecule has 0 atom stereocenters. The zero-order valence-corrected chi connectivity index (χ0v) is 14.3. The smallest absolute Gasteiger partial charge is 0.315 e. The number of carbonyl (C=O) groups is 2. The van der Waals surface area contributed by atoms with Gasteiger partial charge in [-0.15, -0.1) is 0 Å². The molecule has 128 valence electrons. The zero-order valence-electron chi connectivity index (χ0n) is 14.3. The summed E-state index contributed by atoms with van der Waals surface area (Å²) in [5.74, 6) is -0.0814. The Morgan fingerprint density at radius 1 is 1.04 bits per heavy atom. The topological polar surface area (TPSA) is 61.4 Å². The quantitative estimate of drug-likeness (QED) is 0.651. The van der Waals surface area contributed by atoms with Crippen LogP contribution in [0.1, 0.15) is 38.2 Å². The van der Waals surface area contributed by atoms with Crippen LogP contribution in [0.3, 0.4) is 0 Å². The fourth-order valence-electron chi connectivity index (χ4n) is 2.17. The summed E-state index contributed by atoms with van der Waals surface area (Å²) in [5, 5.41) is 5.38. The van der Waals surface area contributed by atoms with Gasteiger partial charge in [0.2, 0.25) is 5.91 Å². The van der Waals surface area contributed by atoms with E-state index in [4.69, 9.17) is 0 Å². The molecule has 1 aromatic carbocycles. The minimum absolute atomic E-state index is 0.0338. The van der Waals surface area contributed by atoms with Gasteiger partial charge in [0.05, 0.1) is 6.54 Å². The second-order valence-electron chi connectivity index (χ2n) is 5.72. The average molecular weight is 319 g/mol. The number of carbonyl (C=O) groups excluding carboxylic acids is 2. The van der Waals surface area contributed by atoms with E-state index in [1.807, 2.05) is 30.3 Å². The highest BCUT2D eigenvalue weighted by Crippen LogP contribution is 2.00. The molecule has 5 nitrogen and oxygen atoms in total. The van der Waals surface area contributed by atoms with Crippen LogP contribution in [-0.2, 0) is 11.2 Å². The summed E-state index contributed by atoms with van der Waals surface area (Å²) >= 11 is 0. The molecule has 5 heteroatoms. The van der Waals surface area contributed by atoms with E-state index in [1.165, 1.54) is 18.4 Å². The Bertz CT molecular complexity index is 463. The molecule has 0 aliphatic carbocycles. The third-order valence-corrected chi connectivity index (χ3v) is 3.72. The van der Waals surface area contributed by atoms with E-state index in [2.05, 4.69) is 17.6 Å². The number of nitrogens with one attached hydrogen (secondary N) is 2. The van der Waals surface area contributed by atoms with Gasteiger partial charge in [0, 0.05) is 20.1 Å². The molecule has 1 aromatic rings. The predicted molar refractivity (Wildman–Crippen MR) is 93.3 cm³/mol. The number of benzene rings is 1. The van der Waals surface area contributed by atoms with Crippen LogP contribution in [0.2, 0.25) is 0 Å². The van der Waals surface area contributed by atoms with E-state index < -0.39 is 0 Å². The summed E-state index contributed by atoms with van der Waals surface area (Å²) in [4.78, 5) is 25.2. The van der Waals surface area contributed by atoms with Crippen molar-refractivity contribution in [3.05, 3.63) is 35.9 Å². The van der Waals surface area contributed by atoms with Crippen molar-refractivity contribution < 1.29 is 9.59 Å². The highest BCUT2D eigenvalue weighted by molar-refractivity contribution is 5.83. The van der Waals surface area contributed by atoms with E-state index in [1.54, 1.807) is 11.9 Å². The van der Waals surface area contributed by atoms with Gasteiger partial charge in [0.25, 0.3) is 0 Å². The molecule has 0 spiro atoms. The molecule has 0 aromatic heterocycles. The lowest BCUT2D eigenvalue weighted by atomic mass is 10.1. The number of unbranched alkanes of at least 4 members (excludes halogenated alkanes) is 3. The van der Waals surface area contributed by atoms with Crippen molar-refractivity contribution in [1.82, 2.24) is 15.5 Å². The van der Waals surface area contributed by atoms with Gasteiger partial charge < -0.3 is 15.5 Å². The molecular formula is C18H29N3O2. The molecule has 0 aliphatic rings. The maximum absolute atomic E-state index is 12.0. The molecule has 23 heavy (non-hydrogen) atoms. The molecule has 0 aliphatic heterocycles. The summed E-state index contributed by atoms with van der Waals surface area (Å²) in [6.45, 7) is 3.49. The second-order valence-corrected chi connectivity index (χ2v) is 5.72. The van der Waals surface area contributed by atoms with Gasteiger partial charge in [-0.3, -0.25) is 4.79 Å². The van der Waals surface area contributed by atoms with Gasteiger partial charge >= 0.3 is 6.03 Å². The summed E-state index contributed by atoms with van der Waals surface area (Å²) in [5.41, 5.74) is 1.20. The van der Waals surface area contributed by atoms with Gasteiger partial charge in [0.15, 0.2) is 0 Å². The van der Waals surface area contributed by atoms with Crippen molar-refractivity contribution in [3.63, 3.8) is 0 Å². The monoisotopic (exact) mass is 319 g/mol. The number of nitrogens with zero attached hydrogens (tertiary/aromatic N) is 1. The number of hydrogen-bond donors (Lipinski definition) is 2. The van der Waals surface area contributed by atoms with Crippen LogP contribution >= 0.6 is 0 Å². The van der Waals surface area contributed by atoms with E-state index >= 15 is 0 Å². The predicted octanol–water partition coefficient (Wildman–Crippen LogP) is 2.57. The van der Waals surface area contributed by atoms with Gasteiger partial charge in [-0.05, 0) is 18.4 Å². The van der Waals surface area contributed by atoms with Crippen molar-refractivity contribution in [3.8, 4) is 0 Å². The van der Waals surface area contributed by atoms with Crippen LogP contribution in [0.15, 0.2) is 30.3 Å². The van der Waals surface area contributed by atoms with Crippen molar-refractivity contribution in [1.29, 1.82) is 0 Å². The number of amides is 3. The van der Waals surface area contributed by atoms with Crippen molar-refractivity contribution in [2.75, 3.05) is 26.7 Å². The molecule has 0 bridgehead atoms. The first-order valence-electron chi connectivity index (χ1n) is 8.43. The molecule has 0 saturated heterocycles. The number of urea groups is 1. The number of rotatable bonds is 10. The molecule has 0 fully saturated rings. The Morgan fingerprint density at radius 2 is 1.78 bits per heavy atom. The summed E-state index contributed by atoms with van der Waals surface area (Å²) < 4.78 is 0. The molecule has 0 unspecified atom stereocenters. The Balaban J connectivity index is 2.13. The maximum atomic E-state index is 12.0. The molecule has 2 N–H and O–H groups in total. The largest absolute Gasteiger partial charge is 0.344 e. The van der Waals surface area contributed by atoms with Crippen molar-refractivity contribution in [2.24, 2.45) is 0 Å². The lowest BCUT2D eigenvalue weighted by molar-refractivity contribution is -0.128. The first kappa shape index (κ1) is 19.0. The van der Waals surface area contributed by atoms with Gasteiger partial charge in [-0.2, -0.15) is 0 Å². The SMILES string of the molecule is CCCCCCNC(=O)NCC(=O)N(C)CCc1ccccc1. The third kappa shape index (κ3) is 8.86. The van der Waals surface area contributed by atoms with Gasteiger partial charge in [-0.25, -0.2) is 4.79 Å². The lowest BCUT2D eigenvalue weighted by Crippen LogP contribution is -2.43. The van der Waals surface area contributed by atoms with Crippen LogP contribution in [0, 0.1) is 0 Å². The molecule has 1 rings (SSSR count).